The van der Waals surface area contributed by atoms with Gasteiger partial charge in [-0.05, 0) is 82.0 Å². The van der Waals surface area contributed by atoms with Crippen molar-refractivity contribution in [2.75, 3.05) is 0 Å². The number of thiophene rings is 2. The summed E-state index contributed by atoms with van der Waals surface area (Å²) in [6.45, 7) is 0. The number of nitrogens with zero attached hydrogens (tertiary/aromatic N) is 2. The smallest absolute Gasteiger partial charge is 0.346 e. The zero-order chi connectivity index (χ0) is 38.3. The van der Waals surface area contributed by atoms with Crippen LogP contribution in [0.5, 0.6) is 0 Å². The van der Waals surface area contributed by atoms with Gasteiger partial charge in [0.25, 0.3) is 0 Å². The summed E-state index contributed by atoms with van der Waals surface area (Å²) in [4.78, 5) is 26.0. The van der Waals surface area contributed by atoms with Crippen molar-refractivity contribution in [2.24, 2.45) is 0 Å². The number of nitriles is 2. The Kier molecular flexibility index (Phi) is 10.6. The molecule has 0 atom stereocenters. The highest BCUT2D eigenvalue weighted by Gasteiger charge is 2.20. The number of hydrogen-bond donors (Lipinski definition) is 2. The maximum Gasteiger partial charge on any atom is 0.346 e. The van der Waals surface area contributed by atoms with E-state index in [4.69, 9.17) is 4.74 Å². The number of benzene rings is 4. The Labute approximate surface area is 324 Å². The molecule has 0 amide bonds. The lowest BCUT2D eigenvalue weighted by atomic mass is 9.89. The molecule has 0 saturated carbocycles. The van der Waals surface area contributed by atoms with Crippen LogP contribution in [0, 0.1) is 22.7 Å². The summed E-state index contributed by atoms with van der Waals surface area (Å²) in [6.07, 6.45) is 6.87. The van der Waals surface area contributed by atoms with Crippen LogP contribution in [-0.2, 0) is 14.3 Å². The van der Waals surface area contributed by atoms with Gasteiger partial charge in [0.15, 0.2) is 0 Å². The van der Waals surface area contributed by atoms with Gasteiger partial charge in [-0.2, -0.15) is 10.5 Å². The summed E-state index contributed by atoms with van der Waals surface area (Å²) in [5.74, 6) is -1.12. The van der Waals surface area contributed by atoms with Gasteiger partial charge in [0.1, 0.15) is 34.8 Å². The molecule has 0 spiro atoms. The Morgan fingerprint density at radius 1 is 0.527 bits per heavy atom. The van der Waals surface area contributed by atoms with E-state index in [9.17, 15) is 30.3 Å². The second-order valence-corrected chi connectivity index (χ2v) is 14.4. The zero-order valence-corrected chi connectivity index (χ0v) is 30.5. The third-order valence-corrected chi connectivity index (χ3v) is 10.8. The Hall–Kier alpha value is -7.30. The molecule has 0 bridgehead atoms. The first-order valence-corrected chi connectivity index (χ1v) is 18.5. The predicted octanol–water partition coefficient (Wildman–Crippen LogP) is 11.0. The fourth-order valence-electron chi connectivity index (χ4n) is 5.98. The van der Waals surface area contributed by atoms with Crippen LogP contribution in [0.4, 0.5) is 0 Å². The van der Waals surface area contributed by atoms with Crippen molar-refractivity contribution in [3.05, 3.63) is 194 Å². The minimum atomic E-state index is -1.26. The van der Waals surface area contributed by atoms with E-state index in [-0.39, 0.29) is 11.1 Å². The van der Waals surface area contributed by atoms with Gasteiger partial charge >= 0.3 is 11.9 Å². The van der Waals surface area contributed by atoms with Gasteiger partial charge in [0.2, 0.25) is 0 Å². The number of aliphatic carboxylic acids is 2. The lowest BCUT2D eigenvalue weighted by molar-refractivity contribution is -0.133. The molecule has 55 heavy (non-hydrogen) atoms. The molecule has 0 aliphatic carbocycles. The van der Waals surface area contributed by atoms with E-state index >= 15 is 0 Å². The predicted molar refractivity (Wildman–Crippen MR) is 218 cm³/mol. The molecule has 7 rings (SSSR count). The van der Waals surface area contributed by atoms with Gasteiger partial charge in [0.05, 0.1) is 0 Å². The highest BCUT2D eigenvalue weighted by molar-refractivity contribution is 7.16. The molecular weight excluding hydrogens is 725 g/mol. The molecule has 4 aromatic carbocycles. The molecular formula is C46H28N2O5S2. The minimum absolute atomic E-state index is 0.323. The number of carbonyl (C=O) groups is 2. The highest BCUT2D eigenvalue weighted by Crippen LogP contribution is 2.40. The van der Waals surface area contributed by atoms with E-state index in [0.29, 0.717) is 21.3 Å². The molecule has 1 aliphatic heterocycles. The van der Waals surface area contributed by atoms with E-state index in [1.54, 1.807) is 24.3 Å². The van der Waals surface area contributed by atoms with E-state index in [0.717, 1.165) is 54.3 Å². The largest absolute Gasteiger partial charge is 0.477 e. The normalized spacial score (nSPS) is 12.8. The van der Waals surface area contributed by atoms with Crippen molar-refractivity contribution in [3.8, 4) is 33.0 Å². The third-order valence-electron chi connectivity index (χ3n) is 8.64. The molecule has 0 saturated heterocycles. The lowest BCUT2D eigenvalue weighted by Gasteiger charge is -2.22. The summed E-state index contributed by atoms with van der Waals surface area (Å²) >= 11 is 2.81. The molecule has 2 aromatic heterocycles. The zero-order valence-electron chi connectivity index (χ0n) is 28.8. The fraction of sp³-hybridized carbons (Fsp3) is 0. The van der Waals surface area contributed by atoms with Crippen molar-refractivity contribution in [3.63, 3.8) is 0 Å². The van der Waals surface area contributed by atoms with Crippen molar-refractivity contribution in [1.29, 1.82) is 10.5 Å². The van der Waals surface area contributed by atoms with E-state index in [2.05, 4.69) is 36.4 Å². The molecule has 3 heterocycles. The Morgan fingerprint density at radius 3 is 1.29 bits per heavy atom. The van der Waals surface area contributed by atoms with Crippen molar-refractivity contribution >= 4 is 63.9 Å². The Balaban J connectivity index is 1.34. The summed E-state index contributed by atoms with van der Waals surface area (Å²) < 4.78 is 6.54. The Morgan fingerprint density at radius 2 is 0.927 bits per heavy atom. The van der Waals surface area contributed by atoms with Crippen LogP contribution in [0.2, 0.25) is 0 Å². The molecule has 264 valence electrons. The molecule has 9 heteroatoms. The standard InChI is InChI=1S/C46H28N2O5S2/c47-27-36(45(49)50)23-38-19-21-42(54-38)31-11-15-33(16-12-31)44(34-17-13-32(14-18-34)43-22-20-39(55-43)24-37(28-48)46(51)52)35-25-40(29-7-3-1-4-8-29)53-41(26-35)30-9-5-2-6-10-30/h1-26H,(H,49,50)(H,51,52)/b36-23-,37-24+. The van der Waals surface area contributed by atoms with Crippen LogP contribution in [-0.4, -0.2) is 22.2 Å². The monoisotopic (exact) mass is 752 g/mol. The van der Waals surface area contributed by atoms with Gasteiger partial charge in [0, 0.05) is 30.6 Å². The Bertz CT molecular complexity index is 2480. The lowest BCUT2D eigenvalue weighted by Crippen LogP contribution is -2.02. The van der Waals surface area contributed by atoms with E-state index in [1.807, 2.05) is 97.1 Å². The van der Waals surface area contributed by atoms with Gasteiger partial charge in [-0.15, -0.1) is 22.7 Å². The number of ether oxygens (including phenoxy) is 1. The first-order chi connectivity index (χ1) is 26.8. The average Bonchev–Trinajstić information content (AvgIpc) is 3.90. The average molecular weight is 753 g/mol. The highest BCUT2D eigenvalue weighted by atomic mass is 32.1. The van der Waals surface area contributed by atoms with Gasteiger partial charge < -0.3 is 14.9 Å². The molecule has 7 nitrogen and oxygen atoms in total. The number of carboxylic acid groups (broad SMARTS) is 2. The first-order valence-electron chi connectivity index (χ1n) is 16.9. The second kappa shape index (κ2) is 16.2. The fourth-order valence-corrected chi connectivity index (χ4v) is 7.89. The molecule has 0 fully saturated rings. The first kappa shape index (κ1) is 36.1. The van der Waals surface area contributed by atoms with Crippen LogP contribution in [0.3, 0.4) is 0 Å². The van der Waals surface area contributed by atoms with Crippen LogP contribution < -0.4 is 0 Å². The number of carboxylic acids is 2. The van der Waals surface area contributed by atoms with Gasteiger partial charge in [-0.3, -0.25) is 0 Å². The van der Waals surface area contributed by atoms with Crippen molar-refractivity contribution in [2.45, 2.75) is 0 Å². The molecule has 0 radical (unpaired) electrons. The van der Waals surface area contributed by atoms with E-state index in [1.165, 1.54) is 34.8 Å². The van der Waals surface area contributed by atoms with Crippen LogP contribution in [0.25, 0.3) is 50.1 Å². The molecule has 0 unspecified atom stereocenters. The minimum Gasteiger partial charge on any atom is -0.477 e. The van der Waals surface area contributed by atoms with Crippen LogP contribution in [0.1, 0.15) is 32.0 Å². The maximum absolute atomic E-state index is 11.4. The van der Waals surface area contributed by atoms with Crippen LogP contribution in [0.15, 0.2) is 162 Å². The van der Waals surface area contributed by atoms with Crippen LogP contribution >= 0.6 is 22.7 Å². The number of hydrogen-bond acceptors (Lipinski definition) is 7. The molecule has 2 N–H and O–H groups in total. The summed E-state index contributed by atoms with van der Waals surface area (Å²) in [6, 6.07) is 47.2. The number of rotatable bonds is 10. The topological polar surface area (TPSA) is 131 Å². The number of allylic oxidation sites excluding steroid dienone is 3. The molecule has 6 aromatic rings. The summed E-state index contributed by atoms with van der Waals surface area (Å²) in [5, 5.41) is 37.0. The summed E-state index contributed by atoms with van der Waals surface area (Å²) in [7, 11) is 0. The SMILES string of the molecule is N#C/C(=C/c1ccc(-c2ccc(C(=C3C=C(c4ccccc4)OC(c4ccccc4)=C3)c3ccc(-c4ccc(/C=C(\C#N)C(=O)O)s4)cc3)cc2)s1)C(=O)O. The van der Waals surface area contributed by atoms with E-state index < -0.39 is 11.9 Å². The van der Waals surface area contributed by atoms with Crippen molar-refractivity contribution < 1.29 is 24.5 Å². The van der Waals surface area contributed by atoms with Gasteiger partial charge in [-0.1, -0.05) is 109 Å². The van der Waals surface area contributed by atoms with Crippen molar-refractivity contribution in [1.82, 2.24) is 0 Å². The van der Waals surface area contributed by atoms with Gasteiger partial charge in [-0.25, -0.2) is 9.59 Å². The second-order valence-electron chi connectivity index (χ2n) is 12.2. The summed E-state index contributed by atoms with van der Waals surface area (Å²) in [5.41, 5.74) is 6.92. The maximum atomic E-state index is 11.4. The molecule has 1 aliphatic rings. The third kappa shape index (κ3) is 8.20. The quantitative estimate of drug-likeness (QED) is 0.105.